The van der Waals surface area contributed by atoms with Gasteiger partial charge in [0, 0.05) is 12.7 Å². The Morgan fingerprint density at radius 1 is 0.833 bits per heavy atom. The molecule has 3 aliphatic rings. The SMILES string of the molecule is COC1OC2COC(c3ccccc3)OC2C2O[C@H](c3ccccc3)CC(=O)OC12. The maximum absolute atomic E-state index is 12.6. The highest BCUT2D eigenvalue weighted by Gasteiger charge is 2.54. The van der Waals surface area contributed by atoms with E-state index in [9.17, 15) is 4.79 Å². The van der Waals surface area contributed by atoms with E-state index in [1.807, 2.05) is 60.7 Å². The lowest BCUT2D eigenvalue weighted by Gasteiger charge is -2.48. The summed E-state index contributed by atoms with van der Waals surface area (Å²) in [6, 6.07) is 19.4. The van der Waals surface area contributed by atoms with Gasteiger partial charge in [-0.25, -0.2) is 0 Å². The minimum atomic E-state index is -0.754. The smallest absolute Gasteiger partial charge is 0.309 e. The molecule has 0 bridgehead atoms. The second-order valence-corrected chi connectivity index (χ2v) is 7.61. The maximum Gasteiger partial charge on any atom is 0.309 e. The molecule has 0 N–H and O–H groups in total. The predicted octanol–water partition coefficient (Wildman–Crippen LogP) is 2.91. The van der Waals surface area contributed by atoms with Gasteiger partial charge < -0.3 is 28.4 Å². The molecule has 0 aromatic heterocycles. The zero-order valence-corrected chi connectivity index (χ0v) is 16.6. The highest BCUT2D eigenvalue weighted by atomic mass is 16.8. The molecule has 158 valence electrons. The number of esters is 1. The van der Waals surface area contributed by atoms with Crippen LogP contribution >= 0.6 is 0 Å². The van der Waals surface area contributed by atoms with Crippen molar-refractivity contribution >= 4 is 5.97 Å². The molecule has 5 rings (SSSR count). The van der Waals surface area contributed by atoms with Crippen molar-refractivity contribution in [3.63, 3.8) is 0 Å². The molecule has 0 spiro atoms. The van der Waals surface area contributed by atoms with Gasteiger partial charge in [-0.05, 0) is 5.56 Å². The van der Waals surface area contributed by atoms with Gasteiger partial charge >= 0.3 is 5.97 Å². The van der Waals surface area contributed by atoms with Crippen molar-refractivity contribution in [2.75, 3.05) is 13.7 Å². The average molecular weight is 412 g/mol. The van der Waals surface area contributed by atoms with Crippen molar-refractivity contribution in [2.45, 2.75) is 49.5 Å². The Balaban J connectivity index is 1.45. The van der Waals surface area contributed by atoms with Gasteiger partial charge in [0.2, 0.25) is 0 Å². The zero-order valence-electron chi connectivity index (χ0n) is 16.6. The molecular formula is C23H24O7. The fourth-order valence-corrected chi connectivity index (χ4v) is 4.25. The predicted molar refractivity (Wildman–Crippen MR) is 104 cm³/mol. The van der Waals surface area contributed by atoms with Crippen LogP contribution < -0.4 is 0 Å². The third-order valence-electron chi connectivity index (χ3n) is 5.70. The highest BCUT2D eigenvalue weighted by molar-refractivity contribution is 5.71. The molecule has 3 heterocycles. The van der Waals surface area contributed by atoms with Gasteiger partial charge in [-0.1, -0.05) is 60.7 Å². The molecular weight excluding hydrogens is 388 g/mol. The monoisotopic (exact) mass is 412 g/mol. The van der Waals surface area contributed by atoms with Crippen LogP contribution in [0.1, 0.15) is 29.9 Å². The molecule has 0 amide bonds. The van der Waals surface area contributed by atoms with Crippen molar-refractivity contribution in [1.29, 1.82) is 0 Å². The Kier molecular flexibility index (Phi) is 5.54. The summed E-state index contributed by atoms with van der Waals surface area (Å²) >= 11 is 0. The van der Waals surface area contributed by atoms with Gasteiger partial charge in [0.25, 0.3) is 0 Å². The van der Waals surface area contributed by atoms with Crippen LogP contribution in [0.15, 0.2) is 60.7 Å². The lowest BCUT2D eigenvalue weighted by molar-refractivity contribution is -0.363. The molecule has 2 aromatic carbocycles. The maximum atomic E-state index is 12.6. The van der Waals surface area contributed by atoms with Crippen molar-refractivity contribution in [3.05, 3.63) is 71.8 Å². The number of carbonyl (C=O) groups is 1. The van der Waals surface area contributed by atoms with Gasteiger partial charge in [0.1, 0.15) is 18.3 Å². The Morgan fingerprint density at radius 3 is 2.23 bits per heavy atom. The van der Waals surface area contributed by atoms with E-state index in [1.54, 1.807) is 0 Å². The molecule has 7 heteroatoms. The van der Waals surface area contributed by atoms with E-state index in [-0.39, 0.29) is 12.4 Å². The summed E-state index contributed by atoms with van der Waals surface area (Å²) in [7, 11) is 1.52. The van der Waals surface area contributed by atoms with E-state index in [0.717, 1.165) is 11.1 Å². The normalized spacial score (nSPS) is 36.2. The summed E-state index contributed by atoms with van der Waals surface area (Å²) in [5.41, 5.74) is 1.82. The second kappa shape index (κ2) is 8.45. The number of methoxy groups -OCH3 is 1. The summed E-state index contributed by atoms with van der Waals surface area (Å²) in [5, 5.41) is 0. The van der Waals surface area contributed by atoms with E-state index in [1.165, 1.54) is 7.11 Å². The van der Waals surface area contributed by atoms with Crippen LogP contribution in [-0.4, -0.2) is 50.4 Å². The van der Waals surface area contributed by atoms with Crippen molar-refractivity contribution in [3.8, 4) is 0 Å². The van der Waals surface area contributed by atoms with E-state index < -0.39 is 43.1 Å². The quantitative estimate of drug-likeness (QED) is 0.718. The number of rotatable bonds is 3. The van der Waals surface area contributed by atoms with Crippen LogP contribution in [0.2, 0.25) is 0 Å². The lowest BCUT2D eigenvalue weighted by Crippen LogP contribution is -2.63. The van der Waals surface area contributed by atoms with Crippen LogP contribution in [0, 0.1) is 0 Å². The first-order chi connectivity index (χ1) is 14.7. The van der Waals surface area contributed by atoms with Crippen molar-refractivity contribution < 1.29 is 33.2 Å². The lowest BCUT2D eigenvalue weighted by atomic mass is 9.97. The largest absolute Gasteiger partial charge is 0.454 e. The number of hydrogen-bond acceptors (Lipinski definition) is 7. The zero-order chi connectivity index (χ0) is 20.5. The standard InChI is InChI=1S/C23H24O7/c1-25-23-21-20(27-16(12-18(24)29-21)14-8-4-2-5-9-14)19-17(28-23)13-26-22(30-19)15-10-6-3-7-11-15/h2-11,16-17,19-23H,12-13H2,1H3/t16-,17?,19?,20?,21?,22?,23?/m0/s1. The third kappa shape index (κ3) is 3.75. The topological polar surface area (TPSA) is 72.5 Å². The average Bonchev–Trinajstić information content (AvgIpc) is 2.98. The Morgan fingerprint density at radius 2 is 1.53 bits per heavy atom. The van der Waals surface area contributed by atoms with Gasteiger partial charge in [-0.15, -0.1) is 0 Å². The van der Waals surface area contributed by atoms with Crippen molar-refractivity contribution in [2.24, 2.45) is 0 Å². The molecule has 3 saturated heterocycles. The van der Waals surface area contributed by atoms with Crippen molar-refractivity contribution in [1.82, 2.24) is 0 Å². The minimum absolute atomic E-state index is 0.115. The van der Waals surface area contributed by atoms with Gasteiger partial charge in [-0.3, -0.25) is 4.79 Å². The first kappa shape index (κ1) is 19.7. The minimum Gasteiger partial charge on any atom is -0.454 e. The number of hydrogen-bond donors (Lipinski definition) is 0. The fraction of sp³-hybridized carbons (Fsp3) is 0.435. The first-order valence-electron chi connectivity index (χ1n) is 10.1. The van der Waals surface area contributed by atoms with Gasteiger partial charge in [0.05, 0.1) is 19.1 Å². The molecule has 3 fully saturated rings. The summed E-state index contributed by atoms with van der Waals surface area (Å²) in [5.74, 6) is -0.355. The summed E-state index contributed by atoms with van der Waals surface area (Å²) in [4.78, 5) is 12.6. The molecule has 3 aliphatic heterocycles. The molecule has 2 aromatic rings. The van der Waals surface area contributed by atoms with Crippen LogP contribution in [0.3, 0.4) is 0 Å². The molecule has 7 nitrogen and oxygen atoms in total. The number of carbonyl (C=O) groups excluding carboxylic acids is 1. The van der Waals surface area contributed by atoms with E-state index >= 15 is 0 Å². The van der Waals surface area contributed by atoms with Crippen LogP contribution in [-0.2, 0) is 33.2 Å². The van der Waals surface area contributed by atoms with E-state index in [4.69, 9.17) is 28.4 Å². The first-order valence-corrected chi connectivity index (χ1v) is 10.1. The number of fused-ring (bicyclic) bond motifs is 3. The summed E-state index contributed by atoms with van der Waals surface area (Å²) in [6.07, 6.45) is -3.78. The Bertz CT molecular complexity index is 858. The highest BCUT2D eigenvalue weighted by Crippen LogP contribution is 2.40. The summed E-state index contributed by atoms with van der Waals surface area (Å²) in [6.45, 7) is 0.320. The van der Waals surface area contributed by atoms with Crippen LogP contribution in [0.5, 0.6) is 0 Å². The Hall–Kier alpha value is -2.29. The fourth-order valence-electron chi connectivity index (χ4n) is 4.25. The van der Waals surface area contributed by atoms with Crippen LogP contribution in [0.4, 0.5) is 0 Å². The molecule has 7 atom stereocenters. The Labute approximate surface area is 174 Å². The van der Waals surface area contributed by atoms with Gasteiger partial charge in [-0.2, -0.15) is 0 Å². The summed E-state index contributed by atoms with van der Waals surface area (Å²) < 4.78 is 35.9. The number of benzene rings is 2. The molecule has 30 heavy (non-hydrogen) atoms. The second-order valence-electron chi connectivity index (χ2n) is 7.61. The molecule has 0 saturated carbocycles. The van der Waals surface area contributed by atoms with Gasteiger partial charge in [0.15, 0.2) is 18.7 Å². The molecule has 6 unspecified atom stereocenters. The van der Waals surface area contributed by atoms with Crippen LogP contribution in [0.25, 0.3) is 0 Å². The van der Waals surface area contributed by atoms with E-state index in [2.05, 4.69) is 0 Å². The number of ether oxygens (including phenoxy) is 6. The van der Waals surface area contributed by atoms with E-state index in [0.29, 0.717) is 6.61 Å². The molecule has 0 aliphatic carbocycles. The molecule has 0 radical (unpaired) electrons. The third-order valence-corrected chi connectivity index (χ3v) is 5.70.